The predicted molar refractivity (Wildman–Crippen MR) is 79.4 cm³/mol. The van der Waals surface area contributed by atoms with Crippen LogP contribution in [0.1, 0.15) is 51.0 Å². The molecule has 0 aliphatic rings. The molecule has 0 N–H and O–H groups in total. The molecule has 0 spiro atoms. The van der Waals surface area contributed by atoms with Crippen LogP contribution in [0.5, 0.6) is 0 Å². The fraction of sp³-hybridized carbons (Fsp3) is 0.467. The molecule has 1 aromatic carbocycles. The third-order valence-electron chi connectivity index (χ3n) is 2.56. The van der Waals surface area contributed by atoms with Crippen LogP contribution in [-0.4, -0.2) is 0 Å². The van der Waals surface area contributed by atoms with E-state index < -0.39 is 0 Å². The van der Waals surface area contributed by atoms with Crippen molar-refractivity contribution in [3.63, 3.8) is 0 Å². The summed E-state index contributed by atoms with van der Waals surface area (Å²) >= 11 is 9.32. The molecule has 0 bridgehead atoms. The maximum absolute atomic E-state index is 5.92. The van der Waals surface area contributed by atoms with Gasteiger partial charge >= 0.3 is 0 Å². The second-order valence-electron chi connectivity index (χ2n) is 4.09. The quantitative estimate of drug-likeness (QED) is 0.475. The predicted octanol–water partition coefficient (Wildman–Crippen LogP) is 5.81. The van der Waals surface area contributed by atoms with Crippen LogP contribution >= 0.6 is 27.5 Å². The number of benzene rings is 1. The van der Waals surface area contributed by atoms with Crippen molar-refractivity contribution >= 4 is 27.5 Å². The van der Waals surface area contributed by atoms with Gasteiger partial charge in [-0.15, -0.1) is 0 Å². The van der Waals surface area contributed by atoms with Crippen LogP contribution in [0.4, 0.5) is 0 Å². The molecule has 2 heteroatoms. The first-order chi connectivity index (χ1) is 8.24. The van der Waals surface area contributed by atoms with Gasteiger partial charge in [0.2, 0.25) is 0 Å². The number of hydrogen-bond donors (Lipinski definition) is 0. The Kier molecular flexibility index (Phi) is 7.40. The Morgan fingerprint density at radius 3 is 2.65 bits per heavy atom. The van der Waals surface area contributed by atoms with Gasteiger partial charge in [0.05, 0.1) is 5.02 Å². The van der Waals surface area contributed by atoms with Crippen LogP contribution in [0.2, 0.25) is 5.02 Å². The van der Waals surface area contributed by atoms with E-state index in [1.54, 1.807) is 0 Å². The fourth-order valence-electron chi connectivity index (χ4n) is 1.56. The van der Waals surface area contributed by atoms with Gasteiger partial charge in [-0.1, -0.05) is 56.0 Å². The Morgan fingerprint density at radius 2 is 1.94 bits per heavy atom. The minimum absolute atomic E-state index is 0.732. The summed E-state index contributed by atoms with van der Waals surface area (Å²) in [6.07, 6.45) is 7.48. The molecule has 17 heavy (non-hydrogen) atoms. The maximum Gasteiger partial charge on any atom is 0.0548 e. The fourth-order valence-corrected chi connectivity index (χ4v) is 2.05. The average molecular weight is 314 g/mol. The summed E-state index contributed by atoms with van der Waals surface area (Å²) in [4.78, 5) is 0. The van der Waals surface area contributed by atoms with Crippen LogP contribution < -0.4 is 0 Å². The third kappa shape index (κ3) is 6.15. The van der Waals surface area contributed by atoms with Crippen molar-refractivity contribution < 1.29 is 0 Å². The summed E-state index contributed by atoms with van der Waals surface area (Å²) in [5.41, 5.74) is 1.02. The van der Waals surface area contributed by atoms with Gasteiger partial charge < -0.3 is 0 Å². The lowest BCUT2D eigenvalue weighted by Crippen LogP contribution is -1.78. The Hall–Kier alpha value is -0.450. The van der Waals surface area contributed by atoms with E-state index in [0.717, 1.165) is 21.5 Å². The molecule has 0 saturated heterocycles. The van der Waals surface area contributed by atoms with Crippen molar-refractivity contribution in [1.29, 1.82) is 0 Å². The average Bonchev–Trinajstić information content (AvgIpc) is 2.32. The van der Waals surface area contributed by atoms with Gasteiger partial charge in [0.1, 0.15) is 0 Å². The van der Waals surface area contributed by atoms with Gasteiger partial charge in [0, 0.05) is 16.5 Å². The molecule has 0 nitrogen and oxygen atoms in total. The minimum Gasteiger partial charge on any atom is -0.0979 e. The minimum atomic E-state index is 0.732. The first-order valence-corrected chi connectivity index (χ1v) is 7.35. The molecule has 0 aliphatic heterocycles. The standard InChI is InChI=1S/C15H18BrCl/c1-2-3-4-5-6-7-8-9-13-10-11-15(17)14(16)12-13/h10-12H,2-7H2,1H3. The van der Waals surface area contributed by atoms with Crippen molar-refractivity contribution in [2.75, 3.05) is 0 Å². The largest absolute Gasteiger partial charge is 0.0979 e. The van der Waals surface area contributed by atoms with Crippen LogP contribution in [0.15, 0.2) is 22.7 Å². The van der Waals surface area contributed by atoms with Gasteiger partial charge in [-0.3, -0.25) is 0 Å². The first-order valence-electron chi connectivity index (χ1n) is 6.18. The topological polar surface area (TPSA) is 0 Å². The van der Waals surface area contributed by atoms with E-state index in [9.17, 15) is 0 Å². The van der Waals surface area contributed by atoms with Crippen LogP contribution in [-0.2, 0) is 0 Å². The van der Waals surface area contributed by atoms with Gasteiger partial charge in [-0.25, -0.2) is 0 Å². The molecule has 92 valence electrons. The van der Waals surface area contributed by atoms with E-state index in [-0.39, 0.29) is 0 Å². The third-order valence-corrected chi connectivity index (χ3v) is 3.77. The summed E-state index contributed by atoms with van der Waals surface area (Å²) in [5, 5.41) is 0.732. The second-order valence-corrected chi connectivity index (χ2v) is 5.36. The zero-order valence-corrected chi connectivity index (χ0v) is 12.6. The molecule has 0 aliphatic carbocycles. The highest BCUT2D eigenvalue weighted by atomic mass is 79.9. The van der Waals surface area contributed by atoms with Gasteiger partial charge in [0.25, 0.3) is 0 Å². The highest BCUT2D eigenvalue weighted by Crippen LogP contribution is 2.22. The van der Waals surface area contributed by atoms with Gasteiger partial charge in [-0.05, 0) is 40.5 Å². The summed E-state index contributed by atoms with van der Waals surface area (Å²) in [5.74, 6) is 6.38. The van der Waals surface area contributed by atoms with Crippen molar-refractivity contribution in [3.05, 3.63) is 33.3 Å². The summed E-state index contributed by atoms with van der Waals surface area (Å²) in [7, 11) is 0. The van der Waals surface area contributed by atoms with Crippen molar-refractivity contribution in [2.45, 2.75) is 45.4 Å². The van der Waals surface area contributed by atoms with Crippen LogP contribution in [0.25, 0.3) is 0 Å². The Morgan fingerprint density at radius 1 is 1.18 bits per heavy atom. The highest BCUT2D eigenvalue weighted by Gasteiger charge is 1.95. The first kappa shape index (κ1) is 14.6. The molecule has 0 saturated carbocycles. The van der Waals surface area contributed by atoms with E-state index in [2.05, 4.69) is 34.7 Å². The van der Waals surface area contributed by atoms with E-state index in [4.69, 9.17) is 11.6 Å². The lowest BCUT2D eigenvalue weighted by Gasteiger charge is -1.96. The summed E-state index contributed by atoms with van der Waals surface area (Å²) < 4.78 is 0.911. The Labute approximate surface area is 118 Å². The summed E-state index contributed by atoms with van der Waals surface area (Å²) in [6, 6.07) is 5.79. The SMILES string of the molecule is CCCCCCCC#Cc1ccc(Cl)c(Br)c1. The Bertz CT molecular complexity index is 401. The van der Waals surface area contributed by atoms with E-state index in [0.29, 0.717) is 0 Å². The number of rotatable bonds is 5. The molecule has 0 fully saturated rings. The van der Waals surface area contributed by atoms with Crippen LogP contribution in [0, 0.1) is 11.8 Å². The lowest BCUT2D eigenvalue weighted by atomic mass is 10.1. The van der Waals surface area contributed by atoms with Crippen LogP contribution in [0.3, 0.4) is 0 Å². The van der Waals surface area contributed by atoms with Gasteiger partial charge in [0.15, 0.2) is 0 Å². The molecule has 0 heterocycles. The molecular formula is C15H18BrCl. The molecule has 1 rings (SSSR count). The molecule has 0 aromatic heterocycles. The molecule has 0 amide bonds. The van der Waals surface area contributed by atoms with E-state index in [1.165, 1.54) is 32.1 Å². The van der Waals surface area contributed by atoms with E-state index >= 15 is 0 Å². The highest BCUT2D eigenvalue weighted by molar-refractivity contribution is 9.10. The zero-order chi connectivity index (χ0) is 12.5. The Balaban J connectivity index is 2.31. The van der Waals surface area contributed by atoms with Gasteiger partial charge in [-0.2, -0.15) is 0 Å². The molecule has 0 radical (unpaired) electrons. The monoisotopic (exact) mass is 312 g/mol. The second kappa shape index (κ2) is 8.61. The van der Waals surface area contributed by atoms with Crippen molar-refractivity contribution in [1.82, 2.24) is 0 Å². The number of unbranched alkanes of at least 4 members (excludes halogenated alkanes) is 5. The summed E-state index contributed by atoms with van der Waals surface area (Å²) in [6.45, 7) is 2.23. The smallest absolute Gasteiger partial charge is 0.0548 e. The molecule has 1 aromatic rings. The van der Waals surface area contributed by atoms with E-state index in [1.807, 2.05) is 18.2 Å². The molecular weight excluding hydrogens is 296 g/mol. The normalized spacial score (nSPS) is 9.82. The molecule has 0 unspecified atom stereocenters. The lowest BCUT2D eigenvalue weighted by molar-refractivity contribution is 0.641. The number of halogens is 2. The van der Waals surface area contributed by atoms with Crippen molar-refractivity contribution in [3.8, 4) is 11.8 Å². The van der Waals surface area contributed by atoms with Crippen molar-refractivity contribution in [2.24, 2.45) is 0 Å². The maximum atomic E-state index is 5.92. The molecule has 0 atom stereocenters. The number of hydrogen-bond acceptors (Lipinski definition) is 0. The zero-order valence-electron chi connectivity index (χ0n) is 10.2.